The number of anilines is 1. The van der Waals surface area contributed by atoms with Crippen LogP contribution in [0.4, 0.5) is 10.1 Å². The van der Waals surface area contributed by atoms with Crippen molar-refractivity contribution in [2.75, 3.05) is 24.0 Å². The Morgan fingerprint density at radius 2 is 1.63 bits per heavy atom. The summed E-state index contributed by atoms with van der Waals surface area (Å²) in [5.41, 5.74) is 0.714. The van der Waals surface area contributed by atoms with Gasteiger partial charge in [0.05, 0.1) is 17.2 Å². The summed E-state index contributed by atoms with van der Waals surface area (Å²) in [5, 5.41) is 3.57. The molecule has 0 aliphatic carbocycles. The molecule has 1 N–H and O–H groups in total. The standard InChI is InChI=1S/C31H36Cl2FN3O5S/c1-5-29(31(39)35-18-21(3)4)36(19-22-7-8-23(32)17-28(22)33)30(38)20-37(25-11-13-26(14-12-25)42-6-2)43(40,41)27-15-9-24(34)10-16-27/h7-17,21,29H,5-6,18-20H2,1-4H3,(H,35,39)/t29-/m1/s1. The zero-order valence-electron chi connectivity index (χ0n) is 24.5. The van der Waals surface area contributed by atoms with Gasteiger partial charge in [-0.3, -0.25) is 13.9 Å². The molecule has 1 atom stereocenters. The normalized spacial score (nSPS) is 12.1. The van der Waals surface area contributed by atoms with Crippen LogP contribution in [0, 0.1) is 11.7 Å². The third-order valence-corrected chi connectivity index (χ3v) is 8.92. The molecule has 0 saturated carbocycles. The van der Waals surface area contributed by atoms with E-state index in [0.717, 1.165) is 28.6 Å². The van der Waals surface area contributed by atoms with E-state index in [0.29, 0.717) is 34.5 Å². The third-order valence-electron chi connectivity index (χ3n) is 6.54. The Labute approximate surface area is 262 Å². The minimum Gasteiger partial charge on any atom is -0.494 e. The van der Waals surface area contributed by atoms with Crippen LogP contribution in [0.2, 0.25) is 10.0 Å². The van der Waals surface area contributed by atoms with Crippen LogP contribution < -0.4 is 14.4 Å². The lowest BCUT2D eigenvalue weighted by Gasteiger charge is -2.33. The quantitative estimate of drug-likeness (QED) is 0.221. The first kappa shape index (κ1) is 34.2. The molecule has 0 aliphatic rings. The van der Waals surface area contributed by atoms with Crippen LogP contribution in [0.5, 0.6) is 5.75 Å². The Balaban J connectivity index is 2.07. The molecule has 0 bridgehead atoms. The van der Waals surface area contributed by atoms with Gasteiger partial charge in [-0.05, 0) is 85.5 Å². The lowest BCUT2D eigenvalue weighted by atomic mass is 10.1. The molecule has 0 radical (unpaired) electrons. The maximum absolute atomic E-state index is 14.1. The van der Waals surface area contributed by atoms with Crippen molar-refractivity contribution in [2.45, 2.75) is 51.6 Å². The number of amides is 2. The van der Waals surface area contributed by atoms with Crippen molar-refractivity contribution in [1.29, 1.82) is 0 Å². The van der Waals surface area contributed by atoms with Crippen molar-refractivity contribution >= 4 is 50.7 Å². The molecule has 2 amide bonds. The summed E-state index contributed by atoms with van der Waals surface area (Å²) in [6.45, 7) is 7.58. The number of nitrogens with zero attached hydrogens (tertiary/aromatic N) is 2. The second-order valence-electron chi connectivity index (χ2n) is 10.2. The fourth-order valence-corrected chi connectivity index (χ4v) is 6.20. The SMILES string of the molecule is CCOc1ccc(N(CC(=O)N(Cc2ccc(Cl)cc2Cl)[C@H](CC)C(=O)NCC(C)C)S(=O)(=O)c2ccc(F)cc2)cc1. The summed E-state index contributed by atoms with van der Waals surface area (Å²) >= 11 is 12.5. The first-order chi connectivity index (χ1) is 20.4. The molecule has 0 aliphatic heterocycles. The molecular formula is C31H36Cl2FN3O5S. The number of sulfonamides is 1. The molecule has 3 aromatic rings. The molecule has 12 heteroatoms. The predicted molar refractivity (Wildman–Crippen MR) is 167 cm³/mol. The molecule has 0 heterocycles. The number of carbonyl (C=O) groups excluding carboxylic acids is 2. The monoisotopic (exact) mass is 651 g/mol. The van der Waals surface area contributed by atoms with Gasteiger partial charge in [-0.15, -0.1) is 0 Å². The van der Waals surface area contributed by atoms with Crippen LogP contribution in [-0.4, -0.2) is 50.9 Å². The second kappa shape index (κ2) is 15.4. The van der Waals surface area contributed by atoms with Gasteiger partial charge in [-0.2, -0.15) is 0 Å². The third kappa shape index (κ3) is 9.08. The molecule has 0 spiro atoms. The Kier molecular flexibility index (Phi) is 12.2. The number of carbonyl (C=O) groups is 2. The largest absolute Gasteiger partial charge is 0.494 e. The fraction of sp³-hybridized carbons (Fsp3) is 0.355. The van der Waals surface area contributed by atoms with Crippen LogP contribution in [0.15, 0.2) is 71.6 Å². The van der Waals surface area contributed by atoms with Gasteiger partial charge in [0, 0.05) is 23.1 Å². The van der Waals surface area contributed by atoms with Gasteiger partial charge < -0.3 is 15.0 Å². The molecule has 43 heavy (non-hydrogen) atoms. The van der Waals surface area contributed by atoms with Gasteiger partial charge in [-0.1, -0.05) is 50.0 Å². The zero-order chi connectivity index (χ0) is 31.7. The van der Waals surface area contributed by atoms with Gasteiger partial charge in [0.1, 0.15) is 24.2 Å². The van der Waals surface area contributed by atoms with Gasteiger partial charge >= 0.3 is 0 Å². The molecule has 3 rings (SSSR count). The van der Waals surface area contributed by atoms with E-state index in [1.807, 2.05) is 20.8 Å². The van der Waals surface area contributed by atoms with E-state index in [2.05, 4.69) is 5.32 Å². The van der Waals surface area contributed by atoms with Crippen molar-refractivity contribution < 1.29 is 27.1 Å². The average Bonchev–Trinajstić information content (AvgIpc) is 2.96. The van der Waals surface area contributed by atoms with Crippen LogP contribution in [0.25, 0.3) is 0 Å². The minimum atomic E-state index is -4.35. The Morgan fingerprint density at radius 1 is 0.977 bits per heavy atom. The van der Waals surface area contributed by atoms with Crippen molar-refractivity contribution in [3.63, 3.8) is 0 Å². The highest BCUT2D eigenvalue weighted by atomic mass is 35.5. The molecule has 0 unspecified atom stereocenters. The number of hydrogen-bond donors (Lipinski definition) is 1. The van der Waals surface area contributed by atoms with E-state index in [9.17, 15) is 22.4 Å². The highest BCUT2D eigenvalue weighted by molar-refractivity contribution is 7.92. The smallest absolute Gasteiger partial charge is 0.264 e. The van der Waals surface area contributed by atoms with Crippen LogP contribution in [0.3, 0.4) is 0 Å². The fourth-order valence-electron chi connectivity index (χ4n) is 4.31. The minimum absolute atomic E-state index is 0.0733. The lowest BCUT2D eigenvalue weighted by molar-refractivity contribution is -0.140. The highest BCUT2D eigenvalue weighted by Gasteiger charge is 2.34. The zero-order valence-corrected chi connectivity index (χ0v) is 26.8. The summed E-state index contributed by atoms with van der Waals surface area (Å²) in [6, 6.07) is 14.5. The molecule has 0 saturated heterocycles. The second-order valence-corrected chi connectivity index (χ2v) is 12.9. The molecule has 3 aromatic carbocycles. The van der Waals surface area contributed by atoms with Gasteiger partial charge in [0.15, 0.2) is 0 Å². The molecule has 0 aromatic heterocycles. The van der Waals surface area contributed by atoms with E-state index < -0.39 is 34.3 Å². The number of hydrogen-bond acceptors (Lipinski definition) is 5. The summed E-state index contributed by atoms with van der Waals surface area (Å²) in [6.07, 6.45) is 0.259. The summed E-state index contributed by atoms with van der Waals surface area (Å²) < 4.78 is 47.9. The number of ether oxygens (including phenoxy) is 1. The van der Waals surface area contributed by atoms with Crippen LogP contribution in [0.1, 0.15) is 39.7 Å². The molecule has 8 nitrogen and oxygen atoms in total. The van der Waals surface area contributed by atoms with Crippen molar-refractivity contribution in [3.05, 3.63) is 88.2 Å². The van der Waals surface area contributed by atoms with Crippen LogP contribution >= 0.6 is 23.2 Å². The van der Waals surface area contributed by atoms with E-state index in [1.165, 1.54) is 23.1 Å². The summed E-state index contributed by atoms with van der Waals surface area (Å²) in [7, 11) is -4.35. The summed E-state index contributed by atoms with van der Waals surface area (Å²) in [4.78, 5) is 28.6. The maximum Gasteiger partial charge on any atom is 0.264 e. The van der Waals surface area contributed by atoms with E-state index in [1.54, 1.807) is 31.2 Å². The topological polar surface area (TPSA) is 96.0 Å². The first-order valence-electron chi connectivity index (χ1n) is 13.9. The maximum atomic E-state index is 14.1. The van der Waals surface area contributed by atoms with Crippen molar-refractivity contribution in [1.82, 2.24) is 10.2 Å². The van der Waals surface area contributed by atoms with E-state index in [4.69, 9.17) is 27.9 Å². The Morgan fingerprint density at radius 3 is 2.19 bits per heavy atom. The Hall–Kier alpha value is -3.34. The van der Waals surface area contributed by atoms with Gasteiger partial charge in [0.2, 0.25) is 11.8 Å². The van der Waals surface area contributed by atoms with E-state index >= 15 is 0 Å². The predicted octanol–water partition coefficient (Wildman–Crippen LogP) is 6.31. The summed E-state index contributed by atoms with van der Waals surface area (Å²) in [5.74, 6) is -0.927. The number of rotatable bonds is 14. The van der Waals surface area contributed by atoms with Crippen molar-refractivity contribution in [2.24, 2.45) is 5.92 Å². The first-order valence-corrected chi connectivity index (χ1v) is 16.1. The van der Waals surface area contributed by atoms with E-state index in [-0.39, 0.29) is 35.4 Å². The number of halogens is 3. The molecular weight excluding hydrogens is 616 g/mol. The van der Waals surface area contributed by atoms with Crippen molar-refractivity contribution in [3.8, 4) is 5.75 Å². The average molecular weight is 653 g/mol. The molecule has 232 valence electrons. The number of benzene rings is 3. The Bertz CT molecular complexity index is 1500. The highest BCUT2D eigenvalue weighted by Crippen LogP contribution is 2.28. The number of nitrogens with one attached hydrogen (secondary N) is 1. The van der Waals surface area contributed by atoms with Gasteiger partial charge in [-0.25, -0.2) is 12.8 Å². The van der Waals surface area contributed by atoms with Gasteiger partial charge in [0.25, 0.3) is 10.0 Å². The molecule has 0 fully saturated rings. The lowest BCUT2D eigenvalue weighted by Crippen LogP contribution is -2.52. The van der Waals surface area contributed by atoms with Crippen LogP contribution in [-0.2, 0) is 26.2 Å².